The Kier molecular flexibility index (Phi) is 5.54. The number of amides is 1. The van der Waals surface area contributed by atoms with Crippen molar-refractivity contribution in [2.24, 2.45) is 5.92 Å². The van der Waals surface area contributed by atoms with Crippen molar-refractivity contribution in [2.75, 3.05) is 18.0 Å². The summed E-state index contributed by atoms with van der Waals surface area (Å²) in [6, 6.07) is 0.304. The third-order valence-electron chi connectivity index (χ3n) is 3.63. The minimum atomic E-state index is 0.226. The van der Waals surface area contributed by atoms with Gasteiger partial charge in [0.1, 0.15) is 0 Å². The molecule has 0 bridgehead atoms. The van der Waals surface area contributed by atoms with Crippen molar-refractivity contribution in [3.63, 3.8) is 0 Å². The highest BCUT2D eigenvalue weighted by atomic mass is 32.1. The number of carbonyl (C=O) groups is 1. The second-order valence-electron chi connectivity index (χ2n) is 5.82. The monoisotopic (exact) mass is 295 g/mol. The molecule has 1 N–H and O–H groups in total. The van der Waals surface area contributed by atoms with Gasteiger partial charge in [-0.3, -0.25) is 9.69 Å². The number of rotatable bonds is 5. The lowest BCUT2D eigenvalue weighted by molar-refractivity contribution is -0.119. The van der Waals surface area contributed by atoms with Gasteiger partial charge in [-0.1, -0.05) is 20.8 Å². The predicted molar refractivity (Wildman–Crippen MR) is 84.3 cm³/mol. The first kappa shape index (κ1) is 15.4. The van der Waals surface area contributed by atoms with E-state index >= 15 is 0 Å². The van der Waals surface area contributed by atoms with Gasteiger partial charge in [0.15, 0.2) is 5.13 Å². The second-order valence-corrected chi connectivity index (χ2v) is 6.65. The van der Waals surface area contributed by atoms with Crippen molar-refractivity contribution in [1.29, 1.82) is 0 Å². The number of piperidine rings is 1. The molecule has 0 saturated carbocycles. The molecule has 4 nitrogen and oxygen atoms in total. The third kappa shape index (κ3) is 3.79. The molecular weight excluding hydrogens is 270 g/mol. The average molecular weight is 295 g/mol. The first-order valence-electron chi connectivity index (χ1n) is 7.59. The van der Waals surface area contributed by atoms with Crippen LogP contribution in [0.2, 0.25) is 0 Å². The molecule has 1 aliphatic rings. The van der Waals surface area contributed by atoms with Gasteiger partial charge in [0, 0.05) is 17.8 Å². The number of thiazole rings is 1. The van der Waals surface area contributed by atoms with E-state index < -0.39 is 0 Å². The lowest BCUT2D eigenvalue weighted by Gasteiger charge is -2.33. The highest BCUT2D eigenvalue weighted by Crippen LogP contribution is 2.27. The Hall–Kier alpha value is -0.940. The topological polar surface area (TPSA) is 45.2 Å². The summed E-state index contributed by atoms with van der Waals surface area (Å²) in [6.45, 7) is 8.27. The van der Waals surface area contributed by atoms with Gasteiger partial charge in [-0.2, -0.15) is 0 Å². The number of hydrogen-bond acceptors (Lipinski definition) is 4. The van der Waals surface area contributed by atoms with Crippen molar-refractivity contribution in [3.05, 3.63) is 11.1 Å². The Bertz CT molecular complexity index is 438. The Morgan fingerprint density at radius 2 is 2.20 bits per heavy atom. The van der Waals surface area contributed by atoms with E-state index in [2.05, 4.69) is 36.5 Å². The Labute approximate surface area is 125 Å². The molecule has 0 spiro atoms. The smallest absolute Gasteiger partial charge is 0.229 e. The first-order valence-corrected chi connectivity index (χ1v) is 8.47. The Morgan fingerprint density at radius 3 is 2.75 bits per heavy atom. The van der Waals surface area contributed by atoms with E-state index in [4.69, 9.17) is 0 Å². The quantitative estimate of drug-likeness (QED) is 0.908. The fourth-order valence-corrected chi connectivity index (χ4v) is 3.54. The standard InChI is InChI=1S/C15H25N3OS/c1-4-12-10-20-15(17-12)18(14(19)9-11(2)3)13-5-7-16-8-6-13/h10-11,13,16H,4-9H2,1-3H3. The minimum Gasteiger partial charge on any atom is -0.317 e. The summed E-state index contributed by atoms with van der Waals surface area (Å²) in [4.78, 5) is 19.2. The lowest BCUT2D eigenvalue weighted by atomic mass is 10.0. The van der Waals surface area contributed by atoms with E-state index in [9.17, 15) is 4.79 Å². The fourth-order valence-electron chi connectivity index (χ4n) is 2.55. The molecule has 5 heteroatoms. The first-order chi connectivity index (χ1) is 9.61. The zero-order valence-electron chi connectivity index (χ0n) is 12.7. The van der Waals surface area contributed by atoms with Crippen molar-refractivity contribution < 1.29 is 4.79 Å². The summed E-state index contributed by atoms with van der Waals surface area (Å²) >= 11 is 1.60. The van der Waals surface area contributed by atoms with Crippen molar-refractivity contribution in [3.8, 4) is 0 Å². The molecule has 0 unspecified atom stereocenters. The van der Waals surface area contributed by atoms with Crippen LogP contribution in [0.1, 0.15) is 45.7 Å². The van der Waals surface area contributed by atoms with Crippen molar-refractivity contribution >= 4 is 22.4 Å². The van der Waals surface area contributed by atoms with Crippen molar-refractivity contribution in [2.45, 2.75) is 52.5 Å². The number of nitrogens with zero attached hydrogens (tertiary/aromatic N) is 2. The molecule has 1 fully saturated rings. The molecule has 20 heavy (non-hydrogen) atoms. The van der Waals surface area contributed by atoms with Crippen LogP contribution in [0.15, 0.2) is 5.38 Å². The second kappa shape index (κ2) is 7.18. The number of anilines is 1. The van der Waals surface area contributed by atoms with Crippen LogP contribution in [0, 0.1) is 5.92 Å². The molecule has 1 aliphatic heterocycles. The molecule has 1 aromatic heterocycles. The maximum absolute atomic E-state index is 12.6. The molecule has 112 valence electrons. The summed E-state index contributed by atoms with van der Waals surface area (Å²) < 4.78 is 0. The lowest BCUT2D eigenvalue weighted by Crippen LogP contribution is -2.46. The summed E-state index contributed by atoms with van der Waals surface area (Å²) in [5, 5.41) is 6.33. The normalized spacial score (nSPS) is 16.6. The molecule has 1 aromatic rings. The molecule has 0 radical (unpaired) electrons. The highest BCUT2D eigenvalue weighted by Gasteiger charge is 2.29. The number of carbonyl (C=O) groups excluding carboxylic acids is 1. The predicted octanol–water partition coefficient (Wildman–Crippen LogP) is 2.84. The van der Waals surface area contributed by atoms with E-state index in [-0.39, 0.29) is 5.91 Å². The fraction of sp³-hybridized carbons (Fsp3) is 0.733. The van der Waals surface area contributed by atoms with Gasteiger partial charge in [-0.05, 0) is 38.3 Å². The Balaban J connectivity index is 2.20. The van der Waals surface area contributed by atoms with E-state index in [0.29, 0.717) is 18.4 Å². The summed E-state index contributed by atoms with van der Waals surface area (Å²) in [5.74, 6) is 0.612. The number of aryl methyl sites for hydroxylation is 1. The SMILES string of the molecule is CCc1csc(N(C(=O)CC(C)C)C2CCNCC2)n1. The van der Waals surface area contributed by atoms with E-state index in [1.165, 1.54) is 0 Å². The van der Waals surface area contributed by atoms with E-state index in [1.807, 2.05) is 4.90 Å². The summed E-state index contributed by atoms with van der Waals surface area (Å²) in [5.41, 5.74) is 1.08. The van der Waals surface area contributed by atoms with Gasteiger partial charge in [0.05, 0.1) is 5.69 Å². The molecular formula is C15H25N3OS. The zero-order valence-corrected chi connectivity index (χ0v) is 13.5. The van der Waals surface area contributed by atoms with Gasteiger partial charge < -0.3 is 5.32 Å². The molecule has 2 rings (SSSR count). The average Bonchev–Trinajstić information content (AvgIpc) is 2.88. The van der Waals surface area contributed by atoms with Gasteiger partial charge in [0.2, 0.25) is 5.91 Å². The van der Waals surface area contributed by atoms with Crippen LogP contribution in [0.3, 0.4) is 0 Å². The number of hydrogen-bond donors (Lipinski definition) is 1. The zero-order chi connectivity index (χ0) is 14.5. The van der Waals surface area contributed by atoms with Crippen LogP contribution in [-0.2, 0) is 11.2 Å². The molecule has 0 aliphatic carbocycles. The molecule has 1 saturated heterocycles. The molecule has 1 amide bonds. The van der Waals surface area contributed by atoms with Gasteiger partial charge in [-0.25, -0.2) is 4.98 Å². The highest BCUT2D eigenvalue weighted by molar-refractivity contribution is 7.14. The molecule has 2 heterocycles. The third-order valence-corrected chi connectivity index (χ3v) is 4.52. The van der Waals surface area contributed by atoms with E-state index in [1.54, 1.807) is 11.3 Å². The molecule has 0 aromatic carbocycles. The number of nitrogens with one attached hydrogen (secondary N) is 1. The molecule has 0 atom stereocenters. The van der Waals surface area contributed by atoms with Crippen LogP contribution >= 0.6 is 11.3 Å². The maximum Gasteiger partial charge on any atom is 0.229 e. The summed E-state index contributed by atoms with van der Waals surface area (Å²) in [6.07, 6.45) is 3.57. The van der Waals surface area contributed by atoms with Gasteiger partial charge in [-0.15, -0.1) is 11.3 Å². The van der Waals surface area contributed by atoms with Gasteiger partial charge in [0.25, 0.3) is 0 Å². The Morgan fingerprint density at radius 1 is 1.50 bits per heavy atom. The minimum absolute atomic E-state index is 0.226. The van der Waals surface area contributed by atoms with Crippen LogP contribution in [-0.4, -0.2) is 30.0 Å². The van der Waals surface area contributed by atoms with Crippen LogP contribution in [0.25, 0.3) is 0 Å². The van der Waals surface area contributed by atoms with Crippen LogP contribution in [0.4, 0.5) is 5.13 Å². The number of aromatic nitrogens is 1. The van der Waals surface area contributed by atoms with Crippen molar-refractivity contribution in [1.82, 2.24) is 10.3 Å². The largest absolute Gasteiger partial charge is 0.317 e. The van der Waals surface area contributed by atoms with Crippen LogP contribution in [0.5, 0.6) is 0 Å². The van der Waals surface area contributed by atoms with Gasteiger partial charge >= 0.3 is 0 Å². The maximum atomic E-state index is 12.6. The van der Waals surface area contributed by atoms with Crippen LogP contribution < -0.4 is 10.2 Å². The summed E-state index contributed by atoms with van der Waals surface area (Å²) in [7, 11) is 0. The van der Waals surface area contributed by atoms with E-state index in [0.717, 1.165) is 43.2 Å².